The molecule has 0 aliphatic heterocycles. The Morgan fingerprint density at radius 1 is 1.44 bits per heavy atom. The molecule has 54 valence electrons. The number of hydrogen-bond donors (Lipinski definition) is 0. The Kier molecular flexibility index (Phi) is 6.50. The third-order valence-electron chi connectivity index (χ3n) is 1.46. The zero-order valence-corrected chi connectivity index (χ0v) is 7.87. The summed E-state index contributed by atoms with van der Waals surface area (Å²) in [4.78, 5) is 2.06. The van der Waals surface area contributed by atoms with E-state index < -0.39 is 0 Å². The Labute approximate surface area is 66.5 Å². The van der Waals surface area contributed by atoms with Crippen LogP contribution in [-0.2, 0) is 0 Å². The topological polar surface area (TPSA) is 0 Å². The SMILES string of the molecule is CCCC/C(=C/Br)CC. The van der Waals surface area contributed by atoms with Gasteiger partial charge in [-0.3, -0.25) is 0 Å². The van der Waals surface area contributed by atoms with Gasteiger partial charge in [-0.15, -0.1) is 0 Å². The van der Waals surface area contributed by atoms with Gasteiger partial charge >= 0.3 is 0 Å². The lowest BCUT2D eigenvalue weighted by Gasteiger charge is -1.98. The molecule has 0 aliphatic carbocycles. The van der Waals surface area contributed by atoms with Crippen molar-refractivity contribution in [1.82, 2.24) is 0 Å². The van der Waals surface area contributed by atoms with Gasteiger partial charge < -0.3 is 0 Å². The Hall–Kier alpha value is 0.220. The minimum atomic E-state index is 1.19. The summed E-state index contributed by atoms with van der Waals surface area (Å²) >= 11 is 3.34. The number of halogens is 1. The van der Waals surface area contributed by atoms with Gasteiger partial charge in [-0.1, -0.05) is 41.8 Å². The van der Waals surface area contributed by atoms with Crippen LogP contribution in [0.1, 0.15) is 39.5 Å². The van der Waals surface area contributed by atoms with Crippen LogP contribution in [0.3, 0.4) is 0 Å². The standard InChI is InChI=1S/C8H15Br/c1-3-5-6-8(4-2)7-9/h7H,3-6H2,1-2H3/b8-7+. The first-order valence-corrected chi connectivity index (χ1v) is 4.54. The van der Waals surface area contributed by atoms with Crippen molar-refractivity contribution in [2.45, 2.75) is 39.5 Å². The van der Waals surface area contributed by atoms with Crippen LogP contribution in [0.15, 0.2) is 10.6 Å². The third-order valence-corrected chi connectivity index (χ3v) is 2.11. The molecule has 0 radical (unpaired) electrons. The van der Waals surface area contributed by atoms with E-state index in [1.165, 1.54) is 31.3 Å². The van der Waals surface area contributed by atoms with Gasteiger partial charge in [0, 0.05) is 0 Å². The molecule has 0 aliphatic rings. The molecule has 0 aromatic rings. The number of rotatable bonds is 4. The van der Waals surface area contributed by atoms with E-state index >= 15 is 0 Å². The quantitative estimate of drug-likeness (QED) is 0.632. The van der Waals surface area contributed by atoms with Crippen molar-refractivity contribution >= 4 is 15.9 Å². The van der Waals surface area contributed by atoms with Gasteiger partial charge in [0.1, 0.15) is 0 Å². The lowest BCUT2D eigenvalue weighted by atomic mass is 10.1. The van der Waals surface area contributed by atoms with E-state index in [4.69, 9.17) is 0 Å². The smallest absolute Gasteiger partial charge is 0.0197 e. The van der Waals surface area contributed by atoms with E-state index in [2.05, 4.69) is 34.8 Å². The molecule has 0 amide bonds. The largest absolute Gasteiger partial charge is 0.0654 e. The van der Waals surface area contributed by atoms with Gasteiger partial charge in [0.2, 0.25) is 0 Å². The van der Waals surface area contributed by atoms with Gasteiger partial charge in [0.15, 0.2) is 0 Å². The molecule has 0 bridgehead atoms. The number of hydrogen-bond acceptors (Lipinski definition) is 0. The highest BCUT2D eigenvalue weighted by molar-refractivity contribution is 9.11. The van der Waals surface area contributed by atoms with Crippen molar-refractivity contribution in [3.63, 3.8) is 0 Å². The highest BCUT2D eigenvalue weighted by Crippen LogP contribution is 2.12. The Bertz CT molecular complexity index is 84.6. The summed E-state index contributed by atoms with van der Waals surface area (Å²) in [6.45, 7) is 4.42. The summed E-state index contributed by atoms with van der Waals surface area (Å²) in [5.41, 5.74) is 1.52. The fourth-order valence-electron chi connectivity index (χ4n) is 0.712. The minimum absolute atomic E-state index is 1.19. The molecular weight excluding hydrogens is 176 g/mol. The predicted octanol–water partition coefficient (Wildman–Crippen LogP) is 3.87. The van der Waals surface area contributed by atoms with Crippen molar-refractivity contribution in [3.8, 4) is 0 Å². The third kappa shape index (κ3) is 4.71. The second-order valence-electron chi connectivity index (χ2n) is 2.22. The Morgan fingerprint density at radius 3 is 2.44 bits per heavy atom. The molecule has 0 unspecified atom stereocenters. The van der Waals surface area contributed by atoms with E-state index in [0.717, 1.165) is 0 Å². The fourth-order valence-corrected chi connectivity index (χ4v) is 1.26. The molecule has 0 spiro atoms. The molecule has 0 aromatic heterocycles. The molecule has 0 N–H and O–H groups in total. The maximum absolute atomic E-state index is 3.34. The van der Waals surface area contributed by atoms with E-state index in [1.54, 1.807) is 0 Å². The monoisotopic (exact) mass is 190 g/mol. The lowest BCUT2D eigenvalue weighted by molar-refractivity contribution is 0.768. The van der Waals surface area contributed by atoms with Gasteiger partial charge in [0.25, 0.3) is 0 Å². The van der Waals surface area contributed by atoms with E-state index in [1.807, 2.05) is 0 Å². The molecule has 0 rings (SSSR count). The normalized spacial score (nSPS) is 12.1. The summed E-state index contributed by atoms with van der Waals surface area (Å²) < 4.78 is 0. The predicted molar refractivity (Wildman–Crippen MR) is 46.8 cm³/mol. The summed E-state index contributed by atoms with van der Waals surface area (Å²) in [5, 5.41) is 0. The number of unbranched alkanes of at least 4 members (excludes halogenated alkanes) is 1. The van der Waals surface area contributed by atoms with E-state index in [9.17, 15) is 0 Å². The summed E-state index contributed by atoms with van der Waals surface area (Å²) in [6, 6.07) is 0. The zero-order chi connectivity index (χ0) is 7.11. The first kappa shape index (κ1) is 9.22. The second-order valence-corrected chi connectivity index (χ2v) is 2.68. The average Bonchev–Trinajstić information content (AvgIpc) is 1.91. The molecule has 0 nitrogen and oxygen atoms in total. The summed E-state index contributed by atoms with van der Waals surface area (Å²) in [6.07, 6.45) is 5.07. The molecule has 0 saturated heterocycles. The zero-order valence-electron chi connectivity index (χ0n) is 6.28. The average molecular weight is 191 g/mol. The van der Waals surface area contributed by atoms with Crippen LogP contribution < -0.4 is 0 Å². The van der Waals surface area contributed by atoms with E-state index in [0.29, 0.717) is 0 Å². The second kappa shape index (κ2) is 6.34. The Balaban J connectivity index is 3.33. The highest BCUT2D eigenvalue weighted by Gasteiger charge is 1.90. The molecule has 0 fully saturated rings. The summed E-state index contributed by atoms with van der Waals surface area (Å²) in [7, 11) is 0. The maximum atomic E-state index is 3.34. The van der Waals surface area contributed by atoms with Crippen molar-refractivity contribution in [3.05, 3.63) is 10.6 Å². The number of allylic oxidation sites excluding steroid dienone is 1. The summed E-state index contributed by atoms with van der Waals surface area (Å²) in [5.74, 6) is 0. The van der Waals surface area contributed by atoms with Gasteiger partial charge in [-0.25, -0.2) is 0 Å². The molecule has 1 heteroatoms. The fraction of sp³-hybridized carbons (Fsp3) is 0.750. The molecule has 0 saturated carbocycles. The molecule has 0 atom stereocenters. The van der Waals surface area contributed by atoms with Crippen LogP contribution in [0.2, 0.25) is 0 Å². The maximum Gasteiger partial charge on any atom is -0.0197 e. The molecular formula is C8H15Br. The van der Waals surface area contributed by atoms with Crippen molar-refractivity contribution in [1.29, 1.82) is 0 Å². The van der Waals surface area contributed by atoms with Crippen molar-refractivity contribution < 1.29 is 0 Å². The van der Waals surface area contributed by atoms with Crippen molar-refractivity contribution in [2.75, 3.05) is 0 Å². The van der Waals surface area contributed by atoms with Crippen LogP contribution in [0.4, 0.5) is 0 Å². The first-order valence-electron chi connectivity index (χ1n) is 3.63. The van der Waals surface area contributed by atoms with Gasteiger partial charge in [0.05, 0.1) is 0 Å². The Morgan fingerprint density at radius 2 is 2.11 bits per heavy atom. The van der Waals surface area contributed by atoms with Crippen LogP contribution in [0.5, 0.6) is 0 Å². The molecule has 9 heavy (non-hydrogen) atoms. The van der Waals surface area contributed by atoms with E-state index in [-0.39, 0.29) is 0 Å². The molecule has 0 aromatic carbocycles. The van der Waals surface area contributed by atoms with Crippen LogP contribution in [-0.4, -0.2) is 0 Å². The van der Waals surface area contributed by atoms with Gasteiger partial charge in [-0.05, 0) is 24.2 Å². The first-order chi connectivity index (χ1) is 4.35. The molecule has 0 heterocycles. The minimum Gasteiger partial charge on any atom is -0.0654 e. The van der Waals surface area contributed by atoms with Crippen LogP contribution >= 0.6 is 15.9 Å². The van der Waals surface area contributed by atoms with Crippen LogP contribution in [0.25, 0.3) is 0 Å². The van der Waals surface area contributed by atoms with Gasteiger partial charge in [-0.2, -0.15) is 0 Å². The highest BCUT2D eigenvalue weighted by atomic mass is 79.9. The lowest BCUT2D eigenvalue weighted by Crippen LogP contribution is -1.78. The van der Waals surface area contributed by atoms with Crippen LogP contribution in [0, 0.1) is 0 Å². The van der Waals surface area contributed by atoms with Crippen molar-refractivity contribution in [2.24, 2.45) is 0 Å².